The Morgan fingerprint density at radius 1 is 0.889 bits per heavy atom. The van der Waals surface area contributed by atoms with Crippen molar-refractivity contribution < 1.29 is 13.2 Å². The van der Waals surface area contributed by atoms with Crippen molar-refractivity contribution in [1.82, 2.24) is 10.3 Å². The highest BCUT2D eigenvalue weighted by Crippen LogP contribution is 2.19. The molecule has 3 rings (SSSR count). The number of carbonyl (C=O) groups is 1. The van der Waals surface area contributed by atoms with Crippen LogP contribution in [0.5, 0.6) is 0 Å². The van der Waals surface area contributed by atoms with Gasteiger partial charge in [0.2, 0.25) is 0 Å². The highest BCUT2D eigenvalue weighted by atomic mass is 32.2. The number of pyridine rings is 1. The van der Waals surface area contributed by atoms with E-state index in [0.717, 1.165) is 25.7 Å². The summed E-state index contributed by atoms with van der Waals surface area (Å²) in [4.78, 5) is 16.5. The van der Waals surface area contributed by atoms with Crippen LogP contribution in [0.15, 0.2) is 53.7 Å². The molecule has 2 N–H and O–H groups in total. The Morgan fingerprint density at radius 3 is 2.11 bits per heavy atom. The van der Waals surface area contributed by atoms with Crippen LogP contribution in [0.4, 0.5) is 5.69 Å². The van der Waals surface area contributed by atoms with Crippen LogP contribution in [0, 0.1) is 0 Å². The van der Waals surface area contributed by atoms with Gasteiger partial charge in [-0.1, -0.05) is 32.1 Å². The molecule has 27 heavy (non-hydrogen) atoms. The normalized spacial score (nSPS) is 16.1. The Hall–Kier alpha value is -2.41. The van der Waals surface area contributed by atoms with Gasteiger partial charge in [0, 0.05) is 24.0 Å². The molecule has 1 aromatic heterocycles. The summed E-state index contributed by atoms with van der Waals surface area (Å²) in [6.45, 7) is 0. The number of nitrogens with zero attached hydrogens (tertiary/aromatic N) is 1. The second kappa shape index (κ2) is 8.99. The zero-order valence-corrected chi connectivity index (χ0v) is 16.0. The van der Waals surface area contributed by atoms with E-state index >= 15 is 0 Å². The van der Waals surface area contributed by atoms with Crippen molar-refractivity contribution in [1.29, 1.82) is 0 Å². The zero-order chi connectivity index (χ0) is 19.1. The quantitative estimate of drug-likeness (QED) is 0.818. The second-order valence-corrected chi connectivity index (χ2v) is 8.56. The summed E-state index contributed by atoms with van der Waals surface area (Å²) < 4.78 is 27.4. The third kappa shape index (κ3) is 5.53. The van der Waals surface area contributed by atoms with Crippen molar-refractivity contribution in [3.63, 3.8) is 0 Å². The number of aromatic nitrogens is 1. The fourth-order valence-electron chi connectivity index (χ4n) is 3.29. The van der Waals surface area contributed by atoms with E-state index in [4.69, 9.17) is 0 Å². The van der Waals surface area contributed by atoms with Crippen LogP contribution in [-0.4, -0.2) is 25.4 Å². The molecule has 1 heterocycles. The fourth-order valence-corrected chi connectivity index (χ4v) is 4.35. The maximum Gasteiger partial charge on any atom is 0.261 e. The van der Waals surface area contributed by atoms with Crippen LogP contribution in [0.25, 0.3) is 0 Å². The molecule has 1 aromatic carbocycles. The molecule has 0 saturated heterocycles. The minimum Gasteiger partial charge on any atom is -0.349 e. The molecule has 1 aliphatic carbocycles. The molecule has 1 aliphatic rings. The number of anilines is 1. The number of amides is 1. The first-order valence-electron chi connectivity index (χ1n) is 9.38. The Balaban J connectivity index is 1.64. The monoisotopic (exact) mass is 387 g/mol. The zero-order valence-electron chi connectivity index (χ0n) is 15.2. The van der Waals surface area contributed by atoms with Crippen molar-refractivity contribution in [3.05, 3.63) is 54.4 Å². The molecule has 0 atom stereocenters. The molecule has 2 aromatic rings. The van der Waals surface area contributed by atoms with Crippen molar-refractivity contribution in [3.8, 4) is 0 Å². The van der Waals surface area contributed by atoms with Crippen molar-refractivity contribution in [2.45, 2.75) is 55.9 Å². The van der Waals surface area contributed by atoms with Gasteiger partial charge in [-0.05, 0) is 49.2 Å². The third-order valence-electron chi connectivity index (χ3n) is 4.80. The number of benzene rings is 1. The Morgan fingerprint density at radius 2 is 1.48 bits per heavy atom. The summed E-state index contributed by atoms with van der Waals surface area (Å²) in [6.07, 6.45) is 11.1. The molecule has 1 amide bonds. The molecule has 0 spiro atoms. The average molecular weight is 388 g/mol. The molecule has 7 heteroatoms. The number of hydrogen-bond donors (Lipinski definition) is 2. The molecule has 6 nitrogen and oxygen atoms in total. The predicted molar refractivity (Wildman–Crippen MR) is 105 cm³/mol. The lowest BCUT2D eigenvalue weighted by molar-refractivity contribution is 0.0930. The lowest BCUT2D eigenvalue weighted by atomic mass is 9.96. The van der Waals surface area contributed by atoms with Crippen LogP contribution in [0.3, 0.4) is 0 Å². The van der Waals surface area contributed by atoms with Crippen molar-refractivity contribution in [2.75, 3.05) is 4.72 Å². The molecule has 0 radical (unpaired) electrons. The molecule has 1 fully saturated rings. The van der Waals surface area contributed by atoms with E-state index in [1.165, 1.54) is 43.8 Å². The molecule has 0 unspecified atom stereocenters. The number of hydrogen-bond acceptors (Lipinski definition) is 4. The lowest BCUT2D eigenvalue weighted by Crippen LogP contribution is -2.35. The third-order valence-corrected chi connectivity index (χ3v) is 6.20. The van der Waals surface area contributed by atoms with Crippen LogP contribution in [0.1, 0.15) is 55.3 Å². The largest absolute Gasteiger partial charge is 0.349 e. The first-order valence-corrected chi connectivity index (χ1v) is 10.9. The summed E-state index contributed by atoms with van der Waals surface area (Å²) >= 11 is 0. The number of nitrogens with one attached hydrogen (secondary N) is 2. The molecule has 0 bridgehead atoms. The van der Waals surface area contributed by atoms with Crippen LogP contribution in [0.2, 0.25) is 0 Å². The summed E-state index contributed by atoms with van der Waals surface area (Å²) in [5.74, 6) is -0.147. The van der Waals surface area contributed by atoms with Gasteiger partial charge in [0.15, 0.2) is 0 Å². The van der Waals surface area contributed by atoms with Gasteiger partial charge < -0.3 is 5.32 Å². The van der Waals surface area contributed by atoms with Crippen molar-refractivity contribution >= 4 is 21.6 Å². The van der Waals surface area contributed by atoms with Gasteiger partial charge in [-0.3, -0.25) is 14.5 Å². The standard InChI is InChI=1S/C20H25N3O3S/c24-20(22-17-6-4-2-1-3-5-7-17)16-8-10-19(11-9-16)27(25,26)23-18-12-14-21-15-13-18/h8-15,17H,1-7H2,(H,21,23)(H,22,24). The van der Waals surface area contributed by atoms with Gasteiger partial charge in [0.05, 0.1) is 10.6 Å². The van der Waals surface area contributed by atoms with Gasteiger partial charge in [-0.15, -0.1) is 0 Å². The smallest absolute Gasteiger partial charge is 0.261 e. The maximum atomic E-state index is 12.5. The minimum absolute atomic E-state index is 0.113. The summed E-state index contributed by atoms with van der Waals surface area (Å²) in [7, 11) is -3.70. The lowest BCUT2D eigenvalue weighted by Gasteiger charge is -2.21. The highest BCUT2D eigenvalue weighted by Gasteiger charge is 2.17. The topological polar surface area (TPSA) is 88.2 Å². The highest BCUT2D eigenvalue weighted by molar-refractivity contribution is 7.92. The van der Waals surface area contributed by atoms with Crippen LogP contribution < -0.4 is 10.0 Å². The Kier molecular flexibility index (Phi) is 6.45. The van der Waals surface area contributed by atoms with Gasteiger partial charge >= 0.3 is 0 Å². The number of carbonyl (C=O) groups excluding carboxylic acids is 1. The fraction of sp³-hybridized carbons (Fsp3) is 0.400. The van der Waals surface area contributed by atoms with Gasteiger partial charge in [-0.25, -0.2) is 8.42 Å². The first kappa shape index (κ1) is 19.4. The maximum absolute atomic E-state index is 12.5. The van der Waals surface area contributed by atoms with E-state index in [0.29, 0.717) is 11.3 Å². The molecule has 1 saturated carbocycles. The van der Waals surface area contributed by atoms with E-state index < -0.39 is 10.0 Å². The predicted octanol–water partition coefficient (Wildman–Crippen LogP) is 3.73. The Bertz CT molecular complexity index is 844. The summed E-state index contributed by atoms with van der Waals surface area (Å²) in [6, 6.07) is 9.38. The molecule has 144 valence electrons. The van der Waals surface area contributed by atoms with Gasteiger partial charge in [0.1, 0.15) is 0 Å². The molecule has 0 aliphatic heterocycles. The van der Waals surface area contributed by atoms with E-state index in [2.05, 4.69) is 15.0 Å². The number of rotatable bonds is 5. The molecular formula is C20H25N3O3S. The minimum atomic E-state index is -3.70. The van der Waals surface area contributed by atoms with E-state index in [9.17, 15) is 13.2 Å². The van der Waals surface area contributed by atoms with Gasteiger partial charge in [-0.2, -0.15) is 0 Å². The Labute approximate surface area is 160 Å². The van der Waals surface area contributed by atoms with Gasteiger partial charge in [0.25, 0.3) is 15.9 Å². The van der Waals surface area contributed by atoms with Crippen LogP contribution in [-0.2, 0) is 10.0 Å². The molecular weight excluding hydrogens is 362 g/mol. The first-order chi connectivity index (χ1) is 13.0. The van der Waals surface area contributed by atoms with Crippen molar-refractivity contribution in [2.24, 2.45) is 0 Å². The van der Waals surface area contributed by atoms with E-state index in [1.54, 1.807) is 24.3 Å². The number of sulfonamides is 1. The summed E-state index contributed by atoms with van der Waals surface area (Å²) in [5, 5.41) is 3.09. The van der Waals surface area contributed by atoms with E-state index in [1.807, 2.05) is 0 Å². The summed E-state index contributed by atoms with van der Waals surface area (Å²) in [5.41, 5.74) is 0.913. The average Bonchev–Trinajstić information content (AvgIpc) is 2.64. The van der Waals surface area contributed by atoms with Crippen LogP contribution >= 0.6 is 0 Å². The SMILES string of the molecule is O=C(NC1CCCCCCC1)c1ccc(S(=O)(=O)Nc2ccncc2)cc1. The van der Waals surface area contributed by atoms with E-state index in [-0.39, 0.29) is 16.8 Å². The second-order valence-electron chi connectivity index (χ2n) is 6.88.